The Morgan fingerprint density at radius 2 is 2.33 bits per heavy atom. The molecule has 2 N–H and O–H groups in total. The van der Waals surface area contributed by atoms with E-state index in [4.69, 9.17) is 5.11 Å². The second-order valence-corrected chi connectivity index (χ2v) is 3.60. The molecule has 0 saturated carbocycles. The van der Waals surface area contributed by atoms with Crippen molar-refractivity contribution in [1.82, 2.24) is 9.88 Å². The zero-order valence-electron chi connectivity index (χ0n) is 9.02. The minimum Gasteiger partial charge on any atom is -0.396 e. The molecule has 0 saturated heterocycles. The first-order chi connectivity index (χ1) is 7.24. The van der Waals surface area contributed by atoms with Crippen LogP contribution in [0.5, 0.6) is 0 Å². The zero-order chi connectivity index (χ0) is 11.1. The Hall–Kier alpha value is -1.13. The molecule has 1 heterocycles. The molecule has 0 aromatic carbocycles. The van der Waals surface area contributed by atoms with Gasteiger partial charge in [0.25, 0.3) is 5.56 Å². The molecular weight excluding hydrogens is 192 g/mol. The molecule has 1 atom stereocenters. The second kappa shape index (κ2) is 6.37. The molecule has 0 aliphatic heterocycles. The van der Waals surface area contributed by atoms with Crippen molar-refractivity contribution in [3.63, 3.8) is 0 Å². The number of nitrogens with one attached hydrogen (secondary N) is 1. The van der Waals surface area contributed by atoms with Gasteiger partial charge in [0.05, 0.1) is 0 Å². The average Bonchev–Trinajstić information content (AvgIpc) is 2.21. The quantitative estimate of drug-likeness (QED) is 0.705. The van der Waals surface area contributed by atoms with Crippen LogP contribution in [-0.4, -0.2) is 28.9 Å². The molecule has 15 heavy (non-hydrogen) atoms. The maximum atomic E-state index is 11.3. The minimum atomic E-state index is 0.0223. The van der Waals surface area contributed by atoms with Crippen LogP contribution >= 0.6 is 0 Å². The smallest absolute Gasteiger partial charge is 0.250 e. The van der Waals surface area contributed by atoms with Crippen LogP contribution in [-0.2, 0) is 6.54 Å². The summed E-state index contributed by atoms with van der Waals surface area (Å²) < 4.78 is 1.67. The van der Waals surface area contributed by atoms with E-state index in [2.05, 4.69) is 5.32 Å². The highest BCUT2D eigenvalue weighted by Crippen LogP contribution is 1.88. The first-order valence-corrected chi connectivity index (χ1v) is 5.23. The van der Waals surface area contributed by atoms with Gasteiger partial charge in [-0.15, -0.1) is 0 Å². The van der Waals surface area contributed by atoms with Gasteiger partial charge in [-0.3, -0.25) is 4.79 Å². The summed E-state index contributed by atoms with van der Waals surface area (Å²) in [7, 11) is 0. The number of aliphatic hydroxyl groups excluding tert-OH is 1. The van der Waals surface area contributed by atoms with Crippen LogP contribution in [0.1, 0.15) is 13.3 Å². The Morgan fingerprint density at radius 3 is 3.00 bits per heavy atom. The van der Waals surface area contributed by atoms with E-state index in [1.54, 1.807) is 22.9 Å². The van der Waals surface area contributed by atoms with Crippen molar-refractivity contribution in [2.45, 2.75) is 25.9 Å². The third-order valence-electron chi connectivity index (χ3n) is 2.31. The van der Waals surface area contributed by atoms with Crippen LogP contribution in [0.4, 0.5) is 0 Å². The Balaban J connectivity index is 2.32. The van der Waals surface area contributed by atoms with Gasteiger partial charge in [0.1, 0.15) is 0 Å². The zero-order valence-corrected chi connectivity index (χ0v) is 9.02. The number of pyridine rings is 1. The van der Waals surface area contributed by atoms with Crippen LogP contribution in [0.2, 0.25) is 0 Å². The normalized spacial score (nSPS) is 12.7. The van der Waals surface area contributed by atoms with Crippen molar-refractivity contribution in [2.24, 2.45) is 0 Å². The van der Waals surface area contributed by atoms with E-state index >= 15 is 0 Å². The minimum absolute atomic E-state index is 0.0223. The van der Waals surface area contributed by atoms with Crippen molar-refractivity contribution in [2.75, 3.05) is 13.2 Å². The molecule has 1 aromatic heterocycles. The summed E-state index contributed by atoms with van der Waals surface area (Å²) >= 11 is 0. The van der Waals surface area contributed by atoms with E-state index in [0.29, 0.717) is 6.54 Å². The average molecular weight is 210 g/mol. The van der Waals surface area contributed by atoms with Gasteiger partial charge in [0, 0.05) is 38.0 Å². The summed E-state index contributed by atoms with van der Waals surface area (Å²) in [6.07, 6.45) is 2.52. The summed E-state index contributed by atoms with van der Waals surface area (Å²) in [5.41, 5.74) is 0.0223. The van der Waals surface area contributed by atoms with Gasteiger partial charge < -0.3 is 15.0 Å². The molecule has 0 amide bonds. The second-order valence-electron chi connectivity index (χ2n) is 3.60. The van der Waals surface area contributed by atoms with Crippen molar-refractivity contribution < 1.29 is 5.11 Å². The lowest BCUT2D eigenvalue weighted by atomic mass is 10.2. The maximum absolute atomic E-state index is 11.3. The van der Waals surface area contributed by atoms with Gasteiger partial charge in [0.2, 0.25) is 0 Å². The Bertz CT molecular complexity index is 335. The summed E-state index contributed by atoms with van der Waals surface area (Å²) in [5, 5.41) is 11.9. The summed E-state index contributed by atoms with van der Waals surface area (Å²) in [5.74, 6) is 0. The lowest BCUT2D eigenvalue weighted by molar-refractivity contribution is 0.268. The standard InChI is InChI=1S/C11H18N2O2/c1-10(5-9-14)12-6-8-13-7-3-2-4-11(13)15/h2-4,7,10,12,14H,5-6,8-9H2,1H3. The molecule has 84 valence electrons. The van der Waals surface area contributed by atoms with Gasteiger partial charge in [-0.25, -0.2) is 0 Å². The van der Waals surface area contributed by atoms with E-state index in [1.165, 1.54) is 0 Å². The topological polar surface area (TPSA) is 54.3 Å². The highest BCUT2D eigenvalue weighted by molar-refractivity contribution is 4.93. The van der Waals surface area contributed by atoms with Gasteiger partial charge in [-0.1, -0.05) is 6.07 Å². The number of rotatable bonds is 6. The third kappa shape index (κ3) is 4.27. The summed E-state index contributed by atoms with van der Waals surface area (Å²) in [6, 6.07) is 5.42. The van der Waals surface area contributed by atoms with Gasteiger partial charge >= 0.3 is 0 Å². The van der Waals surface area contributed by atoms with E-state index in [-0.39, 0.29) is 18.2 Å². The van der Waals surface area contributed by atoms with Crippen molar-refractivity contribution >= 4 is 0 Å². The molecule has 4 nitrogen and oxygen atoms in total. The van der Waals surface area contributed by atoms with Gasteiger partial charge in [0.15, 0.2) is 0 Å². The largest absolute Gasteiger partial charge is 0.396 e. The van der Waals surface area contributed by atoms with Crippen molar-refractivity contribution in [3.8, 4) is 0 Å². The van der Waals surface area contributed by atoms with E-state index in [9.17, 15) is 4.79 Å². The highest BCUT2D eigenvalue weighted by atomic mass is 16.3. The van der Waals surface area contributed by atoms with Gasteiger partial charge in [-0.2, -0.15) is 0 Å². The van der Waals surface area contributed by atoms with E-state index in [0.717, 1.165) is 13.0 Å². The predicted molar refractivity (Wildman–Crippen MR) is 59.9 cm³/mol. The number of aromatic nitrogens is 1. The maximum Gasteiger partial charge on any atom is 0.250 e. The Labute approximate surface area is 89.6 Å². The Kier molecular flexibility index (Phi) is 5.07. The molecule has 1 aromatic rings. The molecule has 0 spiro atoms. The van der Waals surface area contributed by atoms with Crippen LogP contribution < -0.4 is 10.9 Å². The summed E-state index contributed by atoms with van der Waals surface area (Å²) in [4.78, 5) is 11.3. The van der Waals surface area contributed by atoms with Gasteiger partial charge in [-0.05, 0) is 19.4 Å². The lowest BCUT2D eigenvalue weighted by Gasteiger charge is -2.12. The fraction of sp³-hybridized carbons (Fsp3) is 0.545. The van der Waals surface area contributed by atoms with Crippen LogP contribution in [0.15, 0.2) is 29.2 Å². The summed E-state index contributed by atoms with van der Waals surface area (Å²) in [6.45, 7) is 3.62. The molecule has 0 bridgehead atoms. The number of hydrogen-bond acceptors (Lipinski definition) is 3. The fourth-order valence-corrected chi connectivity index (χ4v) is 1.37. The number of hydrogen-bond donors (Lipinski definition) is 2. The Morgan fingerprint density at radius 1 is 1.53 bits per heavy atom. The number of nitrogens with zero attached hydrogens (tertiary/aromatic N) is 1. The van der Waals surface area contributed by atoms with Crippen LogP contribution in [0.3, 0.4) is 0 Å². The van der Waals surface area contributed by atoms with E-state index in [1.807, 2.05) is 13.0 Å². The highest BCUT2D eigenvalue weighted by Gasteiger charge is 1.99. The molecule has 0 aliphatic rings. The van der Waals surface area contributed by atoms with Crippen molar-refractivity contribution in [1.29, 1.82) is 0 Å². The number of aliphatic hydroxyl groups is 1. The monoisotopic (exact) mass is 210 g/mol. The van der Waals surface area contributed by atoms with E-state index < -0.39 is 0 Å². The molecule has 0 fully saturated rings. The molecule has 0 radical (unpaired) electrons. The van der Waals surface area contributed by atoms with Crippen LogP contribution in [0.25, 0.3) is 0 Å². The first-order valence-electron chi connectivity index (χ1n) is 5.23. The molecule has 4 heteroatoms. The lowest BCUT2D eigenvalue weighted by Crippen LogP contribution is -2.32. The molecule has 1 rings (SSSR count). The SMILES string of the molecule is CC(CCO)NCCn1ccccc1=O. The van der Waals surface area contributed by atoms with Crippen LogP contribution in [0, 0.1) is 0 Å². The third-order valence-corrected chi connectivity index (χ3v) is 2.31. The molecule has 0 aliphatic carbocycles. The fourth-order valence-electron chi connectivity index (χ4n) is 1.37. The predicted octanol–water partition coefficient (Wildman–Crippen LogP) is 0.209. The van der Waals surface area contributed by atoms with Crippen molar-refractivity contribution in [3.05, 3.63) is 34.7 Å². The molecular formula is C11H18N2O2. The first kappa shape index (κ1) is 11.9. The molecule has 1 unspecified atom stereocenters.